The molecule has 0 aromatic carbocycles. The van der Waals surface area contributed by atoms with E-state index in [0.29, 0.717) is 13.1 Å². The largest absolute Gasteiger partial charge is 0.420 e. The zero-order chi connectivity index (χ0) is 13.3. The van der Waals surface area contributed by atoms with Crippen molar-refractivity contribution in [3.63, 3.8) is 0 Å². The van der Waals surface area contributed by atoms with E-state index in [1.54, 1.807) is 4.90 Å². The summed E-state index contributed by atoms with van der Waals surface area (Å²) in [7, 11) is 0. The maximum absolute atomic E-state index is 12.9. The van der Waals surface area contributed by atoms with Crippen LogP contribution in [0.4, 0.5) is 19.0 Å². The quantitative estimate of drug-likeness (QED) is 0.866. The lowest BCUT2D eigenvalue weighted by atomic mass is 10.1. The minimum Gasteiger partial charge on any atom is -0.355 e. The van der Waals surface area contributed by atoms with E-state index in [1.807, 2.05) is 0 Å². The number of piperidine rings is 1. The zero-order valence-electron chi connectivity index (χ0n) is 9.95. The van der Waals surface area contributed by atoms with Crippen molar-refractivity contribution in [3.8, 4) is 0 Å². The fraction of sp³-hybridized carbons (Fsp3) is 0.545. The minimum absolute atomic E-state index is 0. The summed E-state index contributed by atoms with van der Waals surface area (Å²) < 4.78 is 38.8. The second-order valence-corrected chi connectivity index (χ2v) is 4.81. The number of alkyl halides is 3. The van der Waals surface area contributed by atoms with Crippen molar-refractivity contribution in [2.24, 2.45) is 5.73 Å². The molecular weight excluding hydrogens is 302 g/mol. The normalized spacial score (nSPS) is 20.1. The SMILES string of the molecule is Cl.NC1CCCN(c2ncc(Cl)cc2C(F)(F)F)C1. The summed E-state index contributed by atoms with van der Waals surface area (Å²) in [6.45, 7) is 0.920. The molecule has 0 saturated carbocycles. The van der Waals surface area contributed by atoms with Crippen LogP contribution in [0.2, 0.25) is 5.02 Å². The highest BCUT2D eigenvalue weighted by molar-refractivity contribution is 6.30. The molecule has 2 heterocycles. The standard InChI is InChI=1S/C11H13ClF3N3.ClH/c12-7-4-9(11(13,14)15)10(17-5-7)18-3-1-2-8(16)6-18;/h4-5,8H,1-3,6,16H2;1H. The molecule has 19 heavy (non-hydrogen) atoms. The van der Waals surface area contributed by atoms with Gasteiger partial charge in [-0.15, -0.1) is 12.4 Å². The Morgan fingerprint density at radius 3 is 2.68 bits per heavy atom. The molecule has 0 bridgehead atoms. The number of nitrogens with zero attached hydrogens (tertiary/aromatic N) is 2. The second-order valence-electron chi connectivity index (χ2n) is 4.37. The molecule has 3 nitrogen and oxygen atoms in total. The number of hydrogen-bond acceptors (Lipinski definition) is 3. The Hall–Kier alpha value is -0.720. The fourth-order valence-electron chi connectivity index (χ4n) is 2.10. The van der Waals surface area contributed by atoms with Gasteiger partial charge in [0.15, 0.2) is 0 Å². The Labute approximate surface area is 120 Å². The van der Waals surface area contributed by atoms with Gasteiger partial charge < -0.3 is 10.6 Å². The third-order valence-electron chi connectivity index (χ3n) is 2.90. The van der Waals surface area contributed by atoms with E-state index in [1.165, 1.54) is 6.20 Å². The average Bonchev–Trinajstić information content (AvgIpc) is 2.27. The van der Waals surface area contributed by atoms with Crippen LogP contribution in [0.5, 0.6) is 0 Å². The van der Waals surface area contributed by atoms with E-state index < -0.39 is 11.7 Å². The number of anilines is 1. The number of nitrogens with two attached hydrogens (primary N) is 1. The van der Waals surface area contributed by atoms with Gasteiger partial charge in [0.1, 0.15) is 5.82 Å². The number of aromatic nitrogens is 1. The molecule has 0 amide bonds. The highest BCUT2D eigenvalue weighted by Gasteiger charge is 2.36. The molecule has 1 aromatic rings. The topological polar surface area (TPSA) is 42.1 Å². The summed E-state index contributed by atoms with van der Waals surface area (Å²) in [5.74, 6) is -0.0814. The summed E-state index contributed by atoms with van der Waals surface area (Å²) in [5.41, 5.74) is 4.97. The van der Waals surface area contributed by atoms with Crippen molar-refractivity contribution in [3.05, 3.63) is 22.8 Å². The molecule has 0 aliphatic carbocycles. The first-order valence-electron chi connectivity index (χ1n) is 5.61. The molecule has 1 aromatic heterocycles. The predicted octanol–water partition coefficient (Wildman–Crippen LogP) is 3.10. The zero-order valence-corrected chi connectivity index (χ0v) is 11.5. The first-order valence-corrected chi connectivity index (χ1v) is 5.99. The molecule has 2 N–H and O–H groups in total. The van der Waals surface area contributed by atoms with Crippen LogP contribution in [0.1, 0.15) is 18.4 Å². The Kier molecular flexibility index (Phi) is 5.29. The van der Waals surface area contributed by atoms with Crippen molar-refractivity contribution < 1.29 is 13.2 Å². The van der Waals surface area contributed by atoms with E-state index >= 15 is 0 Å². The molecule has 0 radical (unpaired) electrons. The van der Waals surface area contributed by atoms with E-state index in [-0.39, 0.29) is 29.3 Å². The maximum Gasteiger partial charge on any atom is 0.420 e. The fourth-order valence-corrected chi connectivity index (χ4v) is 2.25. The smallest absolute Gasteiger partial charge is 0.355 e. The molecule has 1 fully saturated rings. The molecular formula is C11H14Cl2F3N3. The first-order chi connectivity index (χ1) is 8.38. The molecule has 1 aliphatic rings. The monoisotopic (exact) mass is 315 g/mol. The van der Waals surface area contributed by atoms with Crippen molar-refractivity contribution >= 4 is 29.8 Å². The second kappa shape index (κ2) is 6.15. The van der Waals surface area contributed by atoms with Crippen LogP contribution in [-0.4, -0.2) is 24.1 Å². The van der Waals surface area contributed by atoms with Crippen LogP contribution in [0.15, 0.2) is 12.3 Å². The average molecular weight is 316 g/mol. The van der Waals surface area contributed by atoms with Crippen LogP contribution in [0, 0.1) is 0 Å². The van der Waals surface area contributed by atoms with Gasteiger partial charge in [-0.2, -0.15) is 13.2 Å². The molecule has 2 rings (SSSR count). The van der Waals surface area contributed by atoms with E-state index in [2.05, 4.69) is 4.98 Å². The van der Waals surface area contributed by atoms with Crippen LogP contribution in [0.25, 0.3) is 0 Å². The summed E-state index contributed by atoms with van der Waals surface area (Å²) in [6.07, 6.45) is -1.64. The van der Waals surface area contributed by atoms with Gasteiger partial charge in [0, 0.05) is 25.3 Å². The van der Waals surface area contributed by atoms with Crippen molar-refractivity contribution in [1.82, 2.24) is 4.98 Å². The van der Waals surface area contributed by atoms with Gasteiger partial charge in [-0.25, -0.2) is 4.98 Å². The summed E-state index contributed by atoms with van der Waals surface area (Å²) >= 11 is 5.58. The van der Waals surface area contributed by atoms with Gasteiger partial charge in [-0.3, -0.25) is 0 Å². The number of hydrogen-bond donors (Lipinski definition) is 1. The van der Waals surface area contributed by atoms with Crippen LogP contribution in [0.3, 0.4) is 0 Å². The van der Waals surface area contributed by atoms with Crippen molar-refractivity contribution in [1.29, 1.82) is 0 Å². The summed E-state index contributed by atoms with van der Waals surface area (Å²) in [6, 6.07) is 0.793. The third kappa shape index (κ3) is 3.87. The molecule has 1 saturated heterocycles. The molecule has 8 heteroatoms. The van der Waals surface area contributed by atoms with Gasteiger partial charge in [0.05, 0.1) is 10.6 Å². The Bertz CT molecular complexity index is 440. The molecule has 1 atom stereocenters. The van der Waals surface area contributed by atoms with E-state index in [4.69, 9.17) is 17.3 Å². The number of pyridine rings is 1. The van der Waals surface area contributed by atoms with Crippen LogP contribution in [-0.2, 0) is 6.18 Å². The Balaban J connectivity index is 0.00000180. The number of rotatable bonds is 1. The lowest BCUT2D eigenvalue weighted by molar-refractivity contribution is -0.137. The van der Waals surface area contributed by atoms with Gasteiger partial charge in [-0.1, -0.05) is 11.6 Å². The van der Waals surface area contributed by atoms with Gasteiger partial charge in [-0.05, 0) is 18.9 Å². The van der Waals surface area contributed by atoms with E-state index in [9.17, 15) is 13.2 Å². The lowest BCUT2D eigenvalue weighted by Gasteiger charge is -2.33. The maximum atomic E-state index is 12.9. The molecule has 1 unspecified atom stereocenters. The predicted molar refractivity (Wildman–Crippen MR) is 70.9 cm³/mol. The Morgan fingerprint density at radius 2 is 2.11 bits per heavy atom. The lowest BCUT2D eigenvalue weighted by Crippen LogP contribution is -2.43. The first kappa shape index (κ1) is 16.3. The van der Waals surface area contributed by atoms with E-state index in [0.717, 1.165) is 18.9 Å². The number of halogens is 5. The molecule has 0 spiro atoms. The molecule has 1 aliphatic heterocycles. The summed E-state index contributed by atoms with van der Waals surface area (Å²) in [4.78, 5) is 5.40. The molecule has 108 valence electrons. The van der Waals surface area contributed by atoms with Crippen LogP contribution >= 0.6 is 24.0 Å². The third-order valence-corrected chi connectivity index (χ3v) is 3.10. The highest BCUT2D eigenvalue weighted by Crippen LogP contribution is 2.37. The highest BCUT2D eigenvalue weighted by atomic mass is 35.5. The van der Waals surface area contributed by atoms with Crippen molar-refractivity contribution in [2.75, 3.05) is 18.0 Å². The summed E-state index contributed by atoms with van der Waals surface area (Å²) in [5, 5.41) is -0.0209. The minimum atomic E-state index is -4.46. The van der Waals surface area contributed by atoms with Gasteiger partial charge >= 0.3 is 6.18 Å². The van der Waals surface area contributed by atoms with Crippen molar-refractivity contribution in [2.45, 2.75) is 25.1 Å². The van der Waals surface area contributed by atoms with Crippen LogP contribution < -0.4 is 10.6 Å². The van der Waals surface area contributed by atoms with Gasteiger partial charge in [0.2, 0.25) is 0 Å². The van der Waals surface area contributed by atoms with Gasteiger partial charge in [0.25, 0.3) is 0 Å². The Morgan fingerprint density at radius 1 is 1.42 bits per heavy atom.